The minimum atomic E-state index is -0.638. The van der Waals surface area contributed by atoms with Gasteiger partial charge in [-0.2, -0.15) is 0 Å². The number of nitrogens with zero attached hydrogens (tertiary/aromatic N) is 1. The quantitative estimate of drug-likeness (QED) is 0.844. The highest BCUT2D eigenvalue weighted by Gasteiger charge is 2.54. The molecule has 3 N–H and O–H groups in total. The number of benzene rings is 1. The van der Waals surface area contributed by atoms with Crippen LogP contribution in [0.15, 0.2) is 42.6 Å². The fourth-order valence-corrected chi connectivity index (χ4v) is 4.96. The number of aliphatic hydroxyl groups is 1. The molecule has 26 heavy (non-hydrogen) atoms. The second-order valence-electron chi connectivity index (χ2n) is 7.45. The van der Waals surface area contributed by atoms with E-state index in [1.165, 1.54) is 11.1 Å². The van der Waals surface area contributed by atoms with E-state index < -0.39 is 5.60 Å². The molecular formula is C21H27ClN2O2. The molecule has 2 aliphatic carbocycles. The van der Waals surface area contributed by atoms with Crippen LogP contribution < -0.4 is 10.5 Å². The van der Waals surface area contributed by atoms with E-state index in [9.17, 15) is 5.11 Å². The molecule has 2 aliphatic rings. The lowest BCUT2D eigenvalue weighted by molar-refractivity contribution is -0.0862. The van der Waals surface area contributed by atoms with Crippen LogP contribution in [0.2, 0.25) is 0 Å². The van der Waals surface area contributed by atoms with Gasteiger partial charge in [0.1, 0.15) is 5.75 Å². The van der Waals surface area contributed by atoms with Crippen molar-refractivity contribution in [3.63, 3.8) is 0 Å². The van der Waals surface area contributed by atoms with Gasteiger partial charge in [-0.1, -0.05) is 25.0 Å². The highest BCUT2D eigenvalue weighted by Crippen LogP contribution is 2.55. The minimum absolute atomic E-state index is 0. The molecular weight excluding hydrogens is 348 g/mol. The van der Waals surface area contributed by atoms with E-state index in [1.54, 1.807) is 6.20 Å². The lowest BCUT2D eigenvalue weighted by Gasteiger charge is -2.54. The molecule has 1 aromatic heterocycles. The molecule has 1 fully saturated rings. The zero-order valence-electron chi connectivity index (χ0n) is 15.0. The number of nitrogens with two attached hydrogens (primary N) is 1. The summed E-state index contributed by atoms with van der Waals surface area (Å²) in [6, 6.07) is 11.9. The number of ether oxygens (including phenoxy) is 1. The average molecular weight is 375 g/mol. The van der Waals surface area contributed by atoms with Crippen molar-refractivity contribution in [2.45, 2.75) is 56.0 Å². The zero-order valence-corrected chi connectivity index (χ0v) is 15.8. The molecule has 0 unspecified atom stereocenters. The van der Waals surface area contributed by atoms with E-state index in [2.05, 4.69) is 17.1 Å². The van der Waals surface area contributed by atoms with Gasteiger partial charge in [-0.15, -0.1) is 12.4 Å². The van der Waals surface area contributed by atoms with Gasteiger partial charge in [0.25, 0.3) is 0 Å². The van der Waals surface area contributed by atoms with Crippen molar-refractivity contribution >= 4 is 12.4 Å². The van der Waals surface area contributed by atoms with E-state index >= 15 is 0 Å². The van der Waals surface area contributed by atoms with Gasteiger partial charge in [0.15, 0.2) is 0 Å². The number of hydrogen-bond acceptors (Lipinski definition) is 4. The number of fused-ring (bicyclic) bond motifs is 3. The van der Waals surface area contributed by atoms with Crippen molar-refractivity contribution in [3.8, 4) is 11.6 Å². The summed E-state index contributed by atoms with van der Waals surface area (Å²) in [5.74, 6) is 1.37. The van der Waals surface area contributed by atoms with Gasteiger partial charge in [-0.25, -0.2) is 4.98 Å². The standard InChI is InChI=1S/C21H26N2O2.ClH/c22-13-12-20-9-2-3-10-21(20,24)11-8-16-6-7-17(15-18(16)20)25-19-5-1-4-14-23-19;/h1,4-7,14-15,24H,2-3,8-13,22H2;1H/t20-,21+;/m0./s1. The largest absolute Gasteiger partial charge is 0.439 e. The monoisotopic (exact) mass is 374 g/mol. The Labute approximate surface area is 161 Å². The summed E-state index contributed by atoms with van der Waals surface area (Å²) in [6.07, 6.45) is 8.42. The highest BCUT2D eigenvalue weighted by atomic mass is 35.5. The van der Waals surface area contributed by atoms with Crippen molar-refractivity contribution in [1.82, 2.24) is 4.98 Å². The molecule has 0 aliphatic heterocycles. The Balaban J connectivity index is 0.00000196. The van der Waals surface area contributed by atoms with Crippen LogP contribution >= 0.6 is 12.4 Å². The van der Waals surface area contributed by atoms with Crippen LogP contribution in [0.4, 0.5) is 0 Å². The van der Waals surface area contributed by atoms with Crippen molar-refractivity contribution in [2.75, 3.05) is 6.54 Å². The van der Waals surface area contributed by atoms with Crippen molar-refractivity contribution in [1.29, 1.82) is 0 Å². The number of halogens is 1. The molecule has 2 atom stereocenters. The third kappa shape index (κ3) is 3.11. The first-order valence-electron chi connectivity index (χ1n) is 9.32. The SMILES string of the molecule is Cl.NCC[C@]12CCCC[C@@]1(O)CCc1ccc(Oc3ccccn3)cc12. The Morgan fingerprint density at radius 1 is 1.12 bits per heavy atom. The molecule has 0 spiro atoms. The highest BCUT2D eigenvalue weighted by molar-refractivity contribution is 5.85. The summed E-state index contributed by atoms with van der Waals surface area (Å²) in [6.45, 7) is 0.590. The second kappa shape index (κ2) is 7.55. The average Bonchev–Trinajstić information content (AvgIpc) is 2.63. The predicted octanol–water partition coefficient (Wildman–Crippen LogP) is 4.13. The van der Waals surface area contributed by atoms with Gasteiger partial charge in [0, 0.05) is 17.7 Å². The Bertz CT molecular complexity index is 751. The van der Waals surface area contributed by atoms with Crippen LogP contribution in [0.3, 0.4) is 0 Å². The van der Waals surface area contributed by atoms with E-state index in [-0.39, 0.29) is 17.8 Å². The van der Waals surface area contributed by atoms with Gasteiger partial charge >= 0.3 is 0 Å². The molecule has 4 nitrogen and oxygen atoms in total. The Kier molecular flexibility index (Phi) is 5.56. The topological polar surface area (TPSA) is 68.4 Å². The molecule has 1 aromatic carbocycles. The molecule has 0 bridgehead atoms. The van der Waals surface area contributed by atoms with Crippen molar-refractivity contribution in [2.24, 2.45) is 5.73 Å². The second-order valence-corrected chi connectivity index (χ2v) is 7.45. The maximum atomic E-state index is 11.5. The predicted molar refractivity (Wildman–Crippen MR) is 105 cm³/mol. The maximum Gasteiger partial charge on any atom is 0.219 e. The fourth-order valence-electron chi connectivity index (χ4n) is 4.96. The van der Waals surface area contributed by atoms with Gasteiger partial charge < -0.3 is 15.6 Å². The Hall–Kier alpha value is -1.62. The number of aromatic nitrogens is 1. The zero-order chi connectivity index (χ0) is 17.3. The first-order chi connectivity index (χ1) is 12.2. The summed E-state index contributed by atoms with van der Waals surface area (Å²) >= 11 is 0. The van der Waals surface area contributed by atoms with Crippen LogP contribution in [0.25, 0.3) is 0 Å². The van der Waals surface area contributed by atoms with Crippen LogP contribution in [-0.4, -0.2) is 22.2 Å². The number of aryl methyl sites for hydroxylation is 1. The summed E-state index contributed by atoms with van der Waals surface area (Å²) in [5.41, 5.74) is 7.67. The molecule has 0 amide bonds. The fraction of sp³-hybridized carbons (Fsp3) is 0.476. The minimum Gasteiger partial charge on any atom is -0.439 e. The van der Waals surface area contributed by atoms with E-state index in [1.807, 2.05) is 24.3 Å². The van der Waals surface area contributed by atoms with Gasteiger partial charge in [0.2, 0.25) is 5.88 Å². The van der Waals surface area contributed by atoms with E-state index in [0.717, 1.165) is 50.7 Å². The van der Waals surface area contributed by atoms with Crippen LogP contribution in [0.1, 0.15) is 49.7 Å². The van der Waals surface area contributed by atoms with Gasteiger partial charge in [-0.3, -0.25) is 0 Å². The first-order valence-corrected chi connectivity index (χ1v) is 9.32. The normalized spacial score (nSPS) is 27.0. The Morgan fingerprint density at radius 3 is 2.73 bits per heavy atom. The summed E-state index contributed by atoms with van der Waals surface area (Å²) in [4.78, 5) is 4.24. The summed E-state index contributed by atoms with van der Waals surface area (Å²) < 4.78 is 5.96. The maximum absolute atomic E-state index is 11.5. The van der Waals surface area contributed by atoms with E-state index in [0.29, 0.717) is 12.4 Å². The van der Waals surface area contributed by atoms with Crippen LogP contribution in [0.5, 0.6) is 11.6 Å². The molecule has 2 aromatic rings. The third-order valence-corrected chi connectivity index (χ3v) is 6.17. The van der Waals surface area contributed by atoms with Crippen molar-refractivity contribution in [3.05, 3.63) is 53.7 Å². The van der Waals surface area contributed by atoms with Gasteiger partial charge in [0.05, 0.1) is 5.60 Å². The Morgan fingerprint density at radius 2 is 1.96 bits per heavy atom. The molecule has 5 heteroatoms. The van der Waals surface area contributed by atoms with E-state index in [4.69, 9.17) is 10.5 Å². The molecule has 140 valence electrons. The number of hydrogen-bond donors (Lipinski definition) is 2. The van der Waals surface area contributed by atoms with Gasteiger partial charge in [-0.05, 0) is 68.0 Å². The lowest BCUT2D eigenvalue weighted by Crippen LogP contribution is -2.57. The third-order valence-electron chi connectivity index (χ3n) is 6.17. The van der Waals surface area contributed by atoms with Crippen molar-refractivity contribution < 1.29 is 9.84 Å². The molecule has 0 saturated heterocycles. The first kappa shape index (κ1) is 19.2. The number of pyridine rings is 1. The summed E-state index contributed by atoms with van der Waals surface area (Å²) in [5, 5.41) is 11.5. The molecule has 4 rings (SSSR count). The van der Waals surface area contributed by atoms with Crippen LogP contribution in [0, 0.1) is 0 Å². The lowest BCUT2D eigenvalue weighted by atomic mass is 9.53. The smallest absolute Gasteiger partial charge is 0.219 e. The molecule has 1 saturated carbocycles. The molecule has 0 radical (unpaired) electrons. The number of rotatable bonds is 4. The molecule has 1 heterocycles. The van der Waals surface area contributed by atoms with Crippen LogP contribution in [-0.2, 0) is 11.8 Å². The summed E-state index contributed by atoms with van der Waals surface area (Å²) in [7, 11) is 0.